The number of rotatable bonds is 23. The number of primary amides is 2. The number of fused-ring (bicyclic) bond motifs is 4. The van der Waals surface area contributed by atoms with Crippen LogP contribution in [0.15, 0.2) is 96.9 Å². The molecule has 9 rings (SSSR count). The number of thioether (sulfide) groups is 1. The van der Waals surface area contributed by atoms with E-state index in [1.54, 1.807) is 67.9 Å². The summed E-state index contributed by atoms with van der Waals surface area (Å²) in [6.07, 6.45) is 1.25. The Balaban J connectivity index is 1.08. The first-order valence-electron chi connectivity index (χ1n) is 43.9. The molecule has 0 radical (unpaired) electrons. The summed E-state index contributed by atoms with van der Waals surface area (Å²) >= 11 is 2.09. The number of aromatic hydroxyl groups is 1. The second kappa shape index (κ2) is 48.7. The van der Waals surface area contributed by atoms with Crippen LogP contribution in [0.3, 0.4) is 0 Å². The number of aliphatic hydroxyl groups excluding tert-OH is 2. The second-order valence-corrected chi connectivity index (χ2v) is 35.8. The molecule has 3 aromatic heterocycles. The van der Waals surface area contributed by atoms with Gasteiger partial charge in [-0.25, -0.2) is 4.98 Å². The van der Waals surface area contributed by atoms with E-state index in [-0.39, 0.29) is 89.0 Å². The molecule has 3 aromatic carbocycles. The van der Waals surface area contributed by atoms with E-state index in [1.807, 2.05) is 13.0 Å². The summed E-state index contributed by atoms with van der Waals surface area (Å²) in [5.41, 5.74) is 19.1. The first-order valence-corrected chi connectivity index (χ1v) is 46.0. The van der Waals surface area contributed by atoms with Crippen molar-refractivity contribution in [3.63, 3.8) is 0 Å². The van der Waals surface area contributed by atoms with E-state index in [0.717, 1.165) is 41.0 Å². The molecule has 17 amide bonds. The number of carbonyl (C=O) groups excluding carboxylic acids is 17. The molecule has 23 N–H and O–H groups in total. The van der Waals surface area contributed by atoms with Gasteiger partial charge in [0, 0.05) is 112 Å². The van der Waals surface area contributed by atoms with Crippen molar-refractivity contribution < 1.29 is 96.8 Å². The highest BCUT2D eigenvalue weighted by atomic mass is 32.2. The predicted octanol–water partition coefficient (Wildman–Crippen LogP) is -3.37. The Morgan fingerprint density at radius 3 is 1.83 bits per heavy atom. The second-order valence-electron chi connectivity index (χ2n) is 33.9. The van der Waals surface area contributed by atoms with Gasteiger partial charge in [0.05, 0.1) is 37.8 Å². The van der Waals surface area contributed by atoms with E-state index >= 15 is 38.4 Å². The third kappa shape index (κ3) is 28.6. The summed E-state index contributed by atoms with van der Waals surface area (Å²) in [6.45, 7) is 5.52. The van der Waals surface area contributed by atoms with Crippen LogP contribution in [0.5, 0.6) is 5.75 Å². The smallest absolute Gasteiger partial charge is 0.246 e. The van der Waals surface area contributed by atoms with Gasteiger partial charge in [0.1, 0.15) is 90.3 Å². The van der Waals surface area contributed by atoms with Crippen molar-refractivity contribution in [2.75, 3.05) is 65.4 Å². The lowest BCUT2D eigenvalue weighted by atomic mass is 10.0. The molecular weight excluding hydrogens is 1760 g/mol. The van der Waals surface area contributed by atoms with E-state index in [1.165, 1.54) is 83.1 Å². The number of phenols is 1. The molecule has 6 aromatic rings. The van der Waals surface area contributed by atoms with E-state index in [0.29, 0.717) is 51.5 Å². The minimum absolute atomic E-state index is 0.0150. The number of aliphatic hydroxyl groups is 2. The lowest BCUT2D eigenvalue weighted by Crippen LogP contribution is -2.61. The van der Waals surface area contributed by atoms with Crippen LogP contribution in [-0.4, -0.2) is 317 Å². The van der Waals surface area contributed by atoms with Crippen molar-refractivity contribution in [1.82, 2.24) is 97.9 Å². The lowest BCUT2D eigenvalue weighted by molar-refractivity contribution is -0.148. The van der Waals surface area contributed by atoms with Gasteiger partial charge in [0.15, 0.2) is 5.96 Å². The number of nitrogens with zero attached hydrogens (tertiary/aromatic N) is 6. The minimum atomic E-state index is -1.88. The number of aromatic amines is 2. The number of hydrogen-bond donors (Lipinski definition) is 20. The summed E-state index contributed by atoms with van der Waals surface area (Å²) in [5.74, 6) is -18.2. The van der Waals surface area contributed by atoms with Crippen LogP contribution < -0.4 is 75.7 Å². The highest BCUT2D eigenvalue weighted by Gasteiger charge is 2.47. The molecule has 15 atom stereocenters. The number of likely N-dealkylation sites (N-methyl/N-ethyl adjacent to an activating group) is 3. The molecule has 43 nitrogen and oxygen atoms in total. The highest BCUT2D eigenvalue weighted by Crippen LogP contribution is 2.30. The third-order valence-electron chi connectivity index (χ3n) is 23.6. The number of imidazole rings is 1. The molecule has 133 heavy (non-hydrogen) atoms. The number of benzene rings is 3. The maximum Gasteiger partial charge on any atom is 0.246 e. The maximum absolute atomic E-state index is 15.4. The summed E-state index contributed by atoms with van der Waals surface area (Å²) in [4.78, 5) is 264. The van der Waals surface area contributed by atoms with Gasteiger partial charge in [-0.3, -0.25) is 86.9 Å². The Bertz CT molecular complexity index is 5190. The number of para-hydroxylation sites is 1. The van der Waals surface area contributed by atoms with Crippen LogP contribution in [0, 0.1) is 11.3 Å². The van der Waals surface area contributed by atoms with Gasteiger partial charge in [-0.05, 0) is 110 Å². The van der Waals surface area contributed by atoms with E-state index in [2.05, 4.69) is 73.4 Å². The van der Waals surface area contributed by atoms with Crippen molar-refractivity contribution in [3.05, 3.63) is 119 Å². The molecule has 0 saturated carbocycles. The highest BCUT2D eigenvalue weighted by molar-refractivity contribution is 8.00. The topological polar surface area (TPSA) is 646 Å². The Morgan fingerprint density at radius 2 is 1.18 bits per heavy atom. The largest absolute Gasteiger partial charge is 0.508 e. The lowest BCUT2D eigenvalue weighted by Gasteiger charge is -2.35. The molecule has 720 valence electrons. The number of nitrogens with two attached hydrogens (primary N) is 3. The maximum atomic E-state index is 15.4. The number of thiophene rings is 1. The molecule has 1 unspecified atom stereocenters. The monoisotopic (exact) mass is 1880 g/mol. The van der Waals surface area contributed by atoms with Crippen LogP contribution in [0.1, 0.15) is 121 Å². The molecule has 3 aliphatic rings. The van der Waals surface area contributed by atoms with Gasteiger partial charge in [0.25, 0.3) is 0 Å². The molecule has 0 aliphatic carbocycles. The summed E-state index contributed by atoms with van der Waals surface area (Å²) in [6, 6.07) is -2.16. The number of nitrogens with one attached hydrogen (secondary N) is 14. The summed E-state index contributed by atoms with van der Waals surface area (Å²) in [7, 11) is 3.80. The third-order valence-corrected chi connectivity index (χ3v) is 25.6. The molecule has 3 aliphatic heterocycles. The van der Waals surface area contributed by atoms with Crippen LogP contribution in [0.2, 0.25) is 0 Å². The predicted molar refractivity (Wildman–Crippen MR) is 489 cm³/mol. The van der Waals surface area contributed by atoms with Crippen LogP contribution in [-0.2, 0) is 107 Å². The van der Waals surface area contributed by atoms with Gasteiger partial charge >= 0.3 is 0 Å². The van der Waals surface area contributed by atoms with Crippen molar-refractivity contribution in [2.45, 2.75) is 215 Å². The molecule has 45 heteroatoms. The van der Waals surface area contributed by atoms with Gasteiger partial charge in [-0.1, -0.05) is 82.1 Å². The molecule has 0 spiro atoms. The molecule has 3 saturated heterocycles. The van der Waals surface area contributed by atoms with Crippen LogP contribution in [0.4, 0.5) is 0 Å². The fourth-order valence-electron chi connectivity index (χ4n) is 16.1. The first kappa shape index (κ1) is 103. The molecule has 6 heterocycles. The van der Waals surface area contributed by atoms with Gasteiger partial charge in [-0.2, -0.15) is 0 Å². The van der Waals surface area contributed by atoms with Gasteiger partial charge < -0.3 is 125 Å². The normalized spacial score (nSPS) is 25.0. The zero-order valence-electron chi connectivity index (χ0n) is 75.3. The Labute approximate surface area is 775 Å². The minimum Gasteiger partial charge on any atom is -0.508 e. The zero-order chi connectivity index (χ0) is 97.2. The van der Waals surface area contributed by atoms with E-state index in [9.17, 15) is 58.5 Å². The van der Waals surface area contributed by atoms with Crippen LogP contribution in [0.25, 0.3) is 21.0 Å². The number of amides is 17. The number of phenolic OH excluding ortho intramolecular Hbond substituents is 1. The van der Waals surface area contributed by atoms with Crippen molar-refractivity contribution in [2.24, 2.45) is 23.1 Å². The van der Waals surface area contributed by atoms with Crippen molar-refractivity contribution >= 4 is 150 Å². The number of H-pyrrole nitrogens is 2. The average Bonchev–Trinajstić information content (AvgIpc) is 1.62. The van der Waals surface area contributed by atoms with E-state index in [4.69, 9.17) is 22.6 Å². The zero-order valence-corrected chi connectivity index (χ0v) is 77.0. The average molecular weight is 1890 g/mol. The molecule has 0 bridgehead atoms. The fourth-order valence-corrected chi connectivity index (χ4v) is 17.9. The standard InChI is InChI=1S/C88H121N23O20S2/c1-9-10-21-67-80(124)99-58(20-15-28-94-88(91)92)76(120)106-66(75(119)96-39-72(90)116)43-132-44-73(117)98-62(31-49-24-26-53(113)27-25-49)84(128)107(6)47(4)74(118)102-64(36-71(89)115)86(130)110-29-16-22-68(110)81(125)101-60(34-52-38-93-45-97-52)78(122)103-61(30-46(2)3)87(131)111-40-54(114)35-69(111)82(126)100-59(32-50-37-95-57-19-13-11-17-55(50)57)77(121)105-65(41-112)79(123)104-63(85(129)108(7)48(5)83(127)109(67)8)33-51-42-133-70-23-14-12-18-56(51)70/h11-14,17-19,23-27,37-38,42,45-48,54,58-69,95,112-114H,9-10,15-16,20-22,28-36,39-41,43-44H2,1-8H3,(H2,89,115)(H2,90,116)(H,93,97)(H,96,119)(H,98,117)(H,99,124)(H,100,126)(H,101,125)(H,102,118)(H,103,122)(H,104,123)(H,105,121)(H,106,120)(H4,91,92,94)/t47-,48-,54+,58-,59-,60-,61-,62-,63-,64-,65-,66?,67-,68-,69-/m0/s1. The number of guanidine groups is 1. The van der Waals surface area contributed by atoms with Gasteiger partial charge in [0.2, 0.25) is 100 Å². The van der Waals surface area contributed by atoms with Crippen molar-refractivity contribution in [1.29, 1.82) is 5.41 Å². The Morgan fingerprint density at radius 1 is 0.586 bits per heavy atom. The molecule has 3 fully saturated rings. The van der Waals surface area contributed by atoms with E-state index < -0.39 is 241 Å². The quantitative estimate of drug-likeness (QED) is 0.0169. The van der Waals surface area contributed by atoms with Crippen molar-refractivity contribution in [3.8, 4) is 5.75 Å². The number of carbonyl (C=O) groups is 17. The molecular formula is C88H121N23O20S2. The Hall–Kier alpha value is -13.3. The number of aromatic nitrogens is 3. The summed E-state index contributed by atoms with van der Waals surface area (Å²) < 4.78 is 0.804. The number of hydrogen-bond acceptors (Lipinski definition) is 24. The van der Waals surface area contributed by atoms with Gasteiger partial charge in [-0.15, -0.1) is 23.1 Å². The van der Waals surface area contributed by atoms with Crippen LogP contribution >= 0.6 is 23.1 Å². The fraction of sp³-hybridized carbons (Fsp3) is 0.511. The Kier molecular flexibility index (Phi) is 37.9. The number of unbranched alkanes of at least 4 members (excludes halogenated alkanes) is 1. The first-order chi connectivity index (χ1) is 63.2. The SMILES string of the molecule is CCCC[C@H]1C(=O)N[C@@H](CCCNC(=N)N)C(=O)NC(C(=O)NCC(N)=O)CSCC(=O)N[C@@H](Cc2ccc(O)cc2)C(=O)N(C)[C@@H](C)C(=O)N[C@@H](CC(N)=O)C(=O)N2CCC[C@H]2C(=O)N[C@@H](Cc2cnc[nH]2)C(=O)N[C@@H](CC(C)C)C(=O)N2C[C@H](O)C[C@H]2C(=O)N[C@@H](Cc2c[nH]c3ccccc23)C(=O)N[C@@H](CO)C(=O)N[C@@H](Cc2csc3ccccc23)C(=O)N(C)[C@@H](C)C(=O)N1C. The summed E-state index contributed by atoms with van der Waals surface area (Å²) in [5, 5.41) is 72.6.